The maximum absolute atomic E-state index is 11.0. The molecule has 2 atom stereocenters. The summed E-state index contributed by atoms with van der Waals surface area (Å²) < 4.78 is 0. The summed E-state index contributed by atoms with van der Waals surface area (Å²) in [6, 6.07) is 0.591. The van der Waals surface area contributed by atoms with E-state index in [1.165, 1.54) is 19.3 Å². The van der Waals surface area contributed by atoms with Crippen molar-refractivity contribution in [2.75, 3.05) is 26.2 Å². The summed E-state index contributed by atoms with van der Waals surface area (Å²) in [4.78, 5) is 13.4. The van der Waals surface area contributed by atoms with Gasteiger partial charge in [-0.15, -0.1) is 0 Å². The standard InChI is InChI=1S/C12H25N3O/c1-3-6-14-11-5-4-7-15(9-11)8-10(2)12(13)16/h10-11,14H,3-9H2,1-2H3,(H2,13,16). The van der Waals surface area contributed by atoms with E-state index in [1.54, 1.807) is 0 Å². The van der Waals surface area contributed by atoms with Gasteiger partial charge in [0.15, 0.2) is 0 Å². The Morgan fingerprint density at radius 1 is 1.62 bits per heavy atom. The molecule has 16 heavy (non-hydrogen) atoms. The van der Waals surface area contributed by atoms with Crippen LogP contribution in [0.1, 0.15) is 33.1 Å². The third kappa shape index (κ3) is 4.49. The van der Waals surface area contributed by atoms with E-state index in [1.807, 2.05) is 6.92 Å². The summed E-state index contributed by atoms with van der Waals surface area (Å²) in [5.74, 6) is -0.228. The van der Waals surface area contributed by atoms with Crippen molar-refractivity contribution in [1.29, 1.82) is 0 Å². The molecule has 0 bridgehead atoms. The molecular weight excluding hydrogens is 202 g/mol. The first-order valence-electron chi connectivity index (χ1n) is 6.38. The van der Waals surface area contributed by atoms with Crippen molar-refractivity contribution in [3.63, 3.8) is 0 Å². The normalized spacial score (nSPS) is 24.2. The van der Waals surface area contributed by atoms with E-state index in [-0.39, 0.29) is 11.8 Å². The summed E-state index contributed by atoms with van der Waals surface area (Å²) in [5, 5.41) is 3.55. The number of piperidine rings is 1. The van der Waals surface area contributed by atoms with Crippen LogP contribution in [-0.4, -0.2) is 43.0 Å². The van der Waals surface area contributed by atoms with E-state index in [9.17, 15) is 4.79 Å². The van der Waals surface area contributed by atoms with Gasteiger partial charge in [-0.25, -0.2) is 0 Å². The number of carbonyl (C=O) groups excluding carboxylic acids is 1. The van der Waals surface area contributed by atoms with Crippen molar-refractivity contribution >= 4 is 5.91 Å². The second-order valence-electron chi connectivity index (χ2n) is 4.86. The van der Waals surface area contributed by atoms with Gasteiger partial charge in [0.1, 0.15) is 0 Å². The lowest BCUT2D eigenvalue weighted by Crippen LogP contribution is -2.48. The second kappa shape index (κ2) is 6.86. The summed E-state index contributed by atoms with van der Waals surface area (Å²) in [6.07, 6.45) is 3.64. The Morgan fingerprint density at radius 2 is 2.38 bits per heavy atom. The molecule has 0 saturated carbocycles. The van der Waals surface area contributed by atoms with Crippen LogP contribution < -0.4 is 11.1 Å². The third-order valence-electron chi connectivity index (χ3n) is 3.21. The Morgan fingerprint density at radius 3 is 3.00 bits per heavy atom. The number of nitrogens with zero attached hydrogens (tertiary/aromatic N) is 1. The highest BCUT2D eigenvalue weighted by atomic mass is 16.1. The summed E-state index contributed by atoms with van der Waals surface area (Å²) in [6.45, 7) is 8.14. The number of primary amides is 1. The van der Waals surface area contributed by atoms with Crippen molar-refractivity contribution in [3.8, 4) is 0 Å². The minimum absolute atomic E-state index is 0.0371. The fraction of sp³-hybridized carbons (Fsp3) is 0.917. The van der Waals surface area contributed by atoms with Gasteiger partial charge in [0.2, 0.25) is 5.91 Å². The van der Waals surface area contributed by atoms with Gasteiger partial charge in [-0.2, -0.15) is 0 Å². The van der Waals surface area contributed by atoms with Crippen LogP contribution in [-0.2, 0) is 4.79 Å². The Balaban J connectivity index is 2.29. The Hall–Kier alpha value is -0.610. The molecule has 1 aliphatic heterocycles. The lowest BCUT2D eigenvalue weighted by atomic mass is 10.0. The number of carbonyl (C=O) groups is 1. The van der Waals surface area contributed by atoms with Crippen LogP contribution in [0, 0.1) is 5.92 Å². The molecule has 2 unspecified atom stereocenters. The molecule has 1 saturated heterocycles. The van der Waals surface area contributed by atoms with Gasteiger partial charge in [-0.3, -0.25) is 4.79 Å². The number of likely N-dealkylation sites (tertiary alicyclic amines) is 1. The van der Waals surface area contributed by atoms with E-state index in [0.717, 1.165) is 26.2 Å². The van der Waals surface area contributed by atoms with Gasteiger partial charge in [0.05, 0.1) is 0 Å². The van der Waals surface area contributed by atoms with Crippen LogP contribution in [0.3, 0.4) is 0 Å². The molecule has 0 aromatic heterocycles. The maximum atomic E-state index is 11.0. The quantitative estimate of drug-likeness (QED) is 0.697. The largest absolute Gasteiger partial charge is 0.369 e. The first-order chi connectivity index (χ1) is 7.63. The molecule has 1 aliphatic rings. The van der Waals surface area contributed by atoms with E-state index >= 15 is 0 Å². The van der Waals surface area contributed by atoms with Crippen LogP contribution in [0.4, 0.5) is 0 Å². The van der Waals surface area contributed by atoms with Crippen molar-refractivity contribution in [2.45, 2.75) is 39.2 Å². The Labute approximate surface area is 98.6 Å². The lowest BCUT2D eigenvalue weighted by molar-refractivity contribution is -0.122. The molecule has 0 radical (unpaired) electrons. The van der Waals surface area contributed by atoms with Gasteiger partial charge in [0.25, 0.3) is 0 Å². The van der Waals surface area contributed by atoms with Crippen LogP contribution >= 0.6 is 0 Å². The molecule has 4 nitrogen and oxygen atoms in total. The molecule has 3 N–H and O–H groups in total. The number of rotatable bonds is 6. The fourth-order valence-electron chi connectivity index (χ4n) is 2.21. The van der Waals surface area contributed by atoms with Gasteiger partial charge in [0, 0.05) is 25.0 Å². The van der Waals surface area contributed by atoms with E-state index < -0.39 is 0 Å². The van der Waals surface area contributed by atoms with Crippen molar-refractivity contribution in [2.24, 2.45) is 11.7 Å². The topological polar surface area (TPSA) is 58.4 Å². The summed E-state index contributed by atoms with van der Waals surface area (Å²) >= 11 is 0. The fourth-order valence-corrected chi connectivity index (χ4v) is 2.21. The number of amides is 1. The lowest BCUT2D eigenvalue weighted by Gasteiger charge is -2.34. The van der Waals surface area contributed by atoms with Gasteiger partial charge in [-0.05, 0) is 32.4 Å². The second-order valence-corrected chi connectivity index (χ2v) is 4.86. The average molecular weight is 227 g/mol. The minimum atomic E-state index is -0.191. The van der Waals surface area contributed by atoms with E-state index in [0.29, 0.717) is 6.04 Å². The molecule has 1 amide bonds. The monoisotopic (exact) mass is 227 g/mol. The Kier molecular flexibility index (Phi) is 5.77. The van der Waals surface area contributed by atoms with Crippen molar-refractivity contribution in [1.82, 2.24) is 10.2 Å². The van der Waals surface area contributed by atoms with Gasteiger partial charge < -0.3 is 16.0 Å². The molecule has 1 fully saturated rings. The molecule has 94 valence electrons. The number of hydrogen-bond donors (Lipinski definition) is 2. The van der Waals surface area contributed by atoms with Gasteiger partial charge in [-0.1, -0.05) is 13.8 Å². The zero-order chi connectivity index (χ0) is 12.0. The van der Waals surface area contributed by atoms with Crippen molar-refractivity contribution in [3.05, 3.63) is 0 Å². The molecule has 4 heteroatoms. The third-order valence-corrected chi connectivity index (χ3v) is 3.21. The average Bonchev–Trinajstić information content (AvgIpc) is 2.26. The molecule has 0 aromatic rings. The van der Waals surface area contributed by atoms with E-state index in [4.69, 9.17) is 5.73 Å². The summed E-state index contributed by atoms with van der Waals surface area (Å²) in [5.41, 5.74) is 5.29. The Bertz CT molecular complexity index is 220. The first kappa shape index (κ1) is 13.5. The smallest absolute Gasteiger partial charge is 0.221 e. The predicted octanol–water partition coefficient (Wildman–Crippen LogP) is 0.572. The molecular formula is C12H25N3O. The number of nitrogens with one attached hydrogen (secondary N) is 1. The highest BCUT2D eigenvalue weighted by molar-refractivity contribution is 5.76. The number of nitrogens with two attached hydrogens (primary N) is 1. The number of hydrogen-bond acceptors (Lipinski definition) is 3. The van der Waals surface area contributed by atoms with E-state index in [2.05, 4.69) is 17.1 Å². The van der Waals surface area contributed by atoms with Crippen molar-refractivity contribution < 1.29 is 4.79 Å². The SMILES string of the molecule is CCCNC1CCCN(CC(C)C(N)=O)C1. The van der Waals surface area contributed by atoms with Gasteiger partial charge >= 0.3 is 0 Å². The molecule has 0 aliphatic carbocycles. The van der Waals surface area contributed by atoms with Crippen LogP contribution in [0.25, 0.3) is 0 Å². The molecule has 1 rings (SSSR count). The maximum Gasteiger partial charge on any atom is 0.221 e. The molecule has 0 spiro atoms. The zero-order valence-electron chi connectivity index (χ0n) is 10.5. The first-order valence-corrected chi connectivity index (χ1v) is 6.38. The zero-order valence-corrected chi connectivity index (χ0v) is 10.5. The van der Waals surface area contributed by atoms with Crippen LogP contribution in [0.5, 0.6) is 0 Å². The minimum Gasteiger partial charge on any atom is -0.369 e. The molecule has 1 heterocycles. The summed E-state index contributed by atoms with van der Waals surface area (Å²) in [7, 11) is 0. The molecule has 0 aromatic carbocycles. The highest BCUT2D eigenvalue weighted by Crippen LogP contribution is 2.11. The highest BCUT2D eigenvalue weighted by Gasteiger charge is 2.21. The van der Waals surface area contributed by atoms with Crippen LogP contribution in [0.2, 0.25) is 0 Å². The van der Waals surface area contributed by atoms with Crippen LogP contribution in [0.15, 0.2) is 0 Å². The predicted molar refractivity (Wildman–Crippen MR) is 66.1 cm³/mol.